The molecule has 2 aromatic rings. The fourth-order valence-electron chi connectivity index (χ4n) is 2.30. The third-order valence-corrected chi connectivity index (χ3v) is 3.41. The van der Waals surface area contributed by atoms with Crippen molar-refractivity contribution in [3.63, 3.8) is 0 Å². The van der Waals surface area contributed by atoms with Crippen molar-refractivity contribution in [3.8, 4) is 0 Å². The van der Waals surface area contributed by atoms with Crippen LogP contribution in [0.4, 0.5) is 16.0 Å². The van der Waals surface area contributed by atoms with Crippen molar-refractivity contribution < 1.29 is 4.39 Å². The lowest BCUT2D eigenvalue weighted by Gasteiger charge is -2.35. The molecule has 5 nitrogen and oxygen atoms in total. The molecule has 104 valence electrons. The van der Waals surface area contributed by atoms with E-state index in [1.807, 2.05) is 25.1 Å². The summed E-state index contributed by atoms with van der Waals surface area (Å²) in [6, 6.07) is 8.84. The Labute approximate surface area is 117 Å². The van der Waals surface area contributed by atoms with E-state index in [4.69, 9.17) is 0 Å². The molecule has 1 saturated heterocycles. The number of hydrogen-bond acceptors (Lipinski definition) is 5. The molecule has 2 aromatic heterocycles. The summed E-state index contributed by atoms with van der Waals surface area (Å²) in [6.07, 6.45) is 0. The molecule has 0 atom stereocenters. The quantitative estimate of drug-likeness (QED) is 0.778. The van der Waals surface area contributed by atoms with Gasteiger partial charge in [-0.1, -0.05) is 6.07 Å². The summed E-state index contributed by atoms with van der Waals surface area (Å²) in [6.45, 7) is 5.17. The average molecular weight is 273 g/mol. The molecular formula is C14H16FN5. The number of aryl methyl sites for hydroxylation is 1. The third kappa shape index (κ3) is 2.68. The highest BCUT2D eigenvalue weighted by molar-refractivity contribution is 5.44. The first-order chi connectivity index (χ1) is 9.72. The predicted octanol–water partition coefficient (Wildman–Crippen LogP) is 1.65. The molecule has 0 spiro atoms. The van der Waals surface area contributed by atoms with Gasteiger partial charge in [0.05, 0.1) is 5.69 Å². The summed E-state index contributed by atoms with van der Waals surface area (Å²) in [5.41, 5.74) is 0.913. The molecule has 0 radical (unpaired) electrons. The first-order valence-electron chi connectivity index (χ1n) is 6.65. The molecule has 0 unspecified atom stereocenters. The zero-order valence-corrected chi connectivity index (χ0v) is 11.3. The van der Waals surface area contributed by atoms with Crippen LogP contribution in [0.3, 0.4) is 0 Å². The van der Waals surface area contributed by atoms with Crippen molar-refractivity contribution in [2.24, 2.45) is 0 Å². The molecule has 0 aliphatic carbocycles. The topological polar surface area (TPSA) is 45.2 Å². The smallest absolute Gasteiger partial charge is 0.214 e. The summed E-state index contributed by atoms with van der Waals surface area (Å²) >= 11 is 0. The van der Waals surface area contributed by atoms with Crippen LogP contribution in [-0.2, 0) is 0 Å². The SMILES string of the molecule is Cc1ccc(N2CCN(c3cccc(F)n3)CC2)nn1. The number of hydrogen-bond donors (Lipinski definition) is 0. The van der Waals surface area contributed by atoms with Crippen molar-refractivity contribution in [2.75, 3.05) is 36.0 Å². The van der Waals surface area contributed by atoms with Gasteiger partial charge in [-0.15, -0.1) is 5.10 Å². The highest BCUT2D eigenvalue weighted by atomic mass is 19.1. The van der Waals surface area contributed by atoms with Crippen LogP contribution in [0, 0.1) is 12.9 Å². The second-order valence-corrected chi connectivity index (χ2v) is 4.83. The van der Waals surface area contributed by atoms with Crippen molar-refractivity contribution in [1.82, 2.24) is 15.2 Å². The van der Waals surface area contributed by atoms with Gasteiger partial charge < -0.3 is 9.80 Å². The molecule has 0 aromatic carbocycles. The largest absolute Gasteiger partial charge is 0.353 e. The molecule has 0 bridgehead atoms. The number of aromatic nitrogens is 3. The van der Waals surface area contributed by atoms with E-state index in [1.54, 1.807) is 6.07 Å². The van der Waals surface area contributed by atoms with Crippen LogP contribution < -0.4 is 9.80 Å². The Morgan fingerprint density at radius 3 is 2.20 bits per heavy atom. The van der Waals surface area contributed by atoms with Crippen LogP contribution in [0.2, 0.25) is 0 Å². The molecule has 1 aliphatic heterocycles. The van der Waals surface area contributed by atoms with Crippen LogP contribution in [-0.4, -0.2) is 41.4 Å². The summed E-state index contributed by atoms with van der Waals surface area (Å²) < 4.78 is 13.1. The highest BCUT2D eigenvalue weighted by Gasteiger charge is 2.19. The maximum atomic E-state index is 13.1. The number of rotatable bonds is 2. The average Bonchev–Trinajstić information content (AvgIpc) is 2.48. The van der Waals surface area contributed by atoms with Gasteiger partial charge in [-0.3, -0.25) is 0 Å². The number of halogens is 1. The van der Waals surface area contributed by atoms with Gasteiger partial charge in [-0.25, -0.2) is 4.98 Å². The van der Waals surface area contributed by atoms with Gasteiger partial charge >= 0.3 is 0 Å². The summed E-state index contributed by atoms with van der Waals surface area (Å²) in [5, 5.41) is 8.27. The van der Waals surface area contributed by atoms with E-state index >= 15 is 0 Å². The zero-order chi connectivity index (χ0) is 13.9. The Morgan fingerprint density at radius 2 is 1.60 bits per heavy atom. The lowest BCUT2D eigenvalue weighted by atomic mass is 10.3. The molecular weight excluding hydrogens is 257 g/mol. The Bertz CT molecular complexity index is 578. The Hall–Kier alpha value is -2.24. The number of pyridine rings is 1. The maximum Gasteiger partial charge on any atom is 0.214 e. The van der Waals surface area contributed by atoms with Gasteiger partial charge in [0, 0.05) is 26.2 Å². The number of nitrogens with zero attached hydrogens (tertiary/aromatic N) is 5. The minimum Gasteiger partial charge on any atom is -0.353 e. The molecule has 0 N–H and O–H groups in total. The second kappa shape index (κ2) is 5.40. The molecule has 1 fully saturated rings. The Balaban J connectivity index is 1.66. The Morgan fingerprint density at radius 1 is 0.900 bits per heavy atom. The van der Waals surface area contributed by atoms with E-state index in [0.717, 1.165) is 37.7 Å². The minimum atomic E-state index is -0.436. The van der Waals surface area contributed by atoms with E-state index < -0.39 is 5.95 Å². The van der Waals surface area contributed by atoms with E-state index in [9.17, 15) is 4.39 Å². The third-order valence-electron chi connectivity index (χ3n) is 3.41. The zero-order valence-electron chi connectivity index (χ0n) is 11.3. The van der Waals surface area contributed by atoms with Crippen molar-refractivity contribution in [3.05, 3.63) is 42.0 Å². The van der Waals surface area contributed by atoms with Crippen molar-refractivity contribution >= 4 is 11.6 Å². The molecule has 6 heteroatoms. The number of anilines is 2. The monoisotopic (exact) mass is 273 g/mol. The van der Waals surface area contributed by atoms with E-state index in [1.165, 1.54) is 6.07 Å². The normalized spacial score (nSPS) is 15.5. The maximum absolute atomic E-state index is 13.1. The lowest BCUT2D eigenvalue weighted by Crippen LogP contribution is -2.47. The van der Waals surface area contributed by atoms with Gasteiger partial charge in [-0.05, 0) is 31.2 Å². The van der Waals surface area contributed by atoms with Gasteiger partial charge in [0.1, 0.15) is 5.82 Å². The van der Waals surface area contributed by atoms with Crippen molar-refractivity contribution in [1.29, 1.82) is 0 Å². The molecule has 0 saturated carbocycles. The van der Waals surface area contributed by atoms with Crippen LogP contribution in [0.25, 0.3) is 0 Å². The van der Waals surface area contributed by atoms with Gasteiger partial charge in [0.2, 0.25) is 5.95 Å². The fraction of sp³-hybridized carbons (Fsp3) is 0.357. The van der Waals surface area contributed by atoms with Crippen LogP contribution in [0.1, 0.15) is 5.69 Å². The summed E-state index contributed by atoms with van der Waals surface area (Å²) in [4.78, 5) is 8.19. The van der Waals surface area contributed by atoms with Crippen LogP contribution >= 0.6 is 0 Å². The van der Waals surface area contributed by atoms with Crippen LogP contribution in [0.5, 0.6) is 0 Å². The van der Waals surface area contributed by atoms with Gasteiger partial charge in [0.25, 0.3) is 0 Å². The van der Waals surface area contributed by atoms with E-state index in [0.29, 0.717) is 5.82 Å². The highest BCUT2D eigenvalue weighted by Crippen LogP contribution is 2.17. The summed E-state index contributed by atoms with van der Waals surface area (Å²) in [7, 11) is 0. The second-order valence-electron chi connectivity index (χ2n) is 4.83. The number of piperazine rings is 1. The molecule has 20 heavy (non-hydrogen) atoms. The molecule has 3 heterocycles. The molecule has 3 rings (SSSR count). The first kappa shape index (κ1) is 12.8. The van der Waals surface area contributed by atoms with E-state index in [2.05, 4.69) is 25.0 Å². The lowest BCUT2D eigenvalue weighted by molar-refractivity contribution is 0.574. The molecule has 0 amide bonds. The standard InChI is InChI=1S/C14H16FN5/c1-11-5-6-14(18-17-11)20-9-7-19(8-10-20)13-4-2-3-12(15)16-13/h2-6H,7-10H2,1H3. The van der Waals surface area contributed by atoms with Crippen LogP contribution in [0.15, 0.2) is 30.3 Å². The minimum absolute atomic E-state index is 0.436. The van der Waals surface area contributed by atoms with E-state index in [-0.39, 0.29) is 0 Å². The fourth-order valence-corrected chi connectivity index (χ4v) is 2.30. The first-order valence-corrected chi connectivity index (χ1v) is 6.65. The predicted molar refractivity (Wildman–Crippen MR) is 75.4 cm³/mol. The van der Waals surface area contributed by atoms with Gasteiger partial charge in [0.15, 0.2) is 5.82 Å². The molecule has 1 aliphatic rings. The van der Waals surface area contributed by atoms with Crippen molar-refractivity contribution in [2.45, 2.75) is 6.92 Å². The Kier molecular flexibility index (Phi) is 3.45. The summed E-state index contributed by atoms with van der Waals surface area (Å²) in [5.74, 6) is 1.15. The van der Waals surface area contributed by atoms with Gasteiger partial charge in [-0.2, -0.15) is 9.49 Å².